The smallest absolute Gasteiger partial charge is 0.469 e. The highest BCUT2D eigenvalue weighted by Gasteiger charge is 2.27. The number of aliphatic hydroxyl groups is 5. The summed E-state index contributed by atoms with van der Waals surface area (Å²) in [6.45, 7) is 2.95. The predicted molar refractivity (Wildman–Crippen MR) is 152 cm³/mol. The molecule has 0 aliphatic rings. The van der Waals surface area contributed by atoms with Crippen molar-refractivity contribution in [1.82, 2.24) is 0 Å². The summed E-state index contributed by atoms with van der Waals surface area (Å²) in [5.74, 6) is -0.655. The fraction of sp³-hybridized carbons (Fsp3) is 0.963. The topological polar surface area (TPSA) is 205 Å². The van der Waals surface area contributed by atoms with Crippen LogP contribution in [0.5, 0.6) is 0 Å². The standard InChI is InChI=1S/C16H32O2.C8H19O6P.C3H8O3/c1-2-3-4-5-6-7-8-9-10-11-12-13-14-15-16(17)18;1-2-3-4-5-8(7(10)6-9)14-15(11,12)13;4-1-3(6)2-5/h2-15H2,1H3,(H,17,18);7-10H,2-6H2,1H3,(H2,11,12,13);3-6H,1-2H2. The lowest BCUT2D eigenvalue weighted by Crippen LogP contribution is -2.31. The van der Waals surface area contributed by atoms with Crippen molar-refractivity contribution in [2.45, 2.75) is 148 Å². The highest BCUT2D eigenvalue weighted by Crippen LogP contribution is 2.39. The normalized spacial score (nSPS) is 12.8. The molecule has 11 nitrogen and oxygen atoms in total. The second-order valence-electron chi connectivity index (χ2n) is 9.79. The molecule has 0 bridgehead atoms. The van der Waals surface area contributed by atoms with Gasteiger partial charge < -0.3 is 40.4 Å². The van der Waals surface area contributed by atoms with E-state index in [0.717, 1.165) is 25.7 Å². The summed E-state index contributed by atoms with van der Waals surface area (Å²) >= 11 is 0. The van der Waals surface area contributed by atoms with Crippen molar-refractivity contribution in [1.29, 1.82) is 0 Å². The van der Waals surface area contributed by atoms with Gasteiger partial charge in [0.05, 0.1) is 25.9 Å². The highest BCUT2D eigenvalue weighted by molar-refractivity contribution is 7.46. The minimum Gasteiger partial charge on any atom is -0.481 e. The first kappa shape index (κ1) is 42.8. The minimum atomic E-state index is -4.61. The lowest BCUT2D eigenvalue weighted by molar-refractivity contribution is -0.137. The molecule has 0 aromatic carbocycles. The van der Waals surface area contributed by atoms with E-state index in [1.807, 2.05) is 6.92 Å². The maximum Gasteiger partial charge on any atom is 0.469 e. The van der Waals surface area contributed by atoms with Crippen molar-refractivity contribution < 1.29 is 54.3 Å². The van der Waals surface area contributed by atoms with Crippen molar-refractivity contribution >= 4 is 13.8 Å². The zero-order chi connectivity index (χ0) is 30.4. The first-order chi connectivity index (χ1) is 18.5. The minimum absolute atomic E-state index is 0.320. The SMILES string of the molecule is CCCCCC(OP(=O)(O)O)C(O)CO.CCCCCCCCCCCCCCCC(=O)O.OCC(O)CO. The molecule has 0 rings (SSSR count). The average molecular weight is 591 g/mol. The van der Waals surface area contributed by atoms with Gasteiger partial charge in [-0.3, -0.25) is 9.32 Å². The summed E-state index contributed by atoms with van der Waals surface area (Å²) in [6, 6.07) is 0. The van der Waals surface area contributed by atoms with E-state index in [9.17, 15) is 14.5 Å². The number of aliphatic hydroxyl groups excluding tert-OH is 5. The quantitative estimate of drug-likeness (QED) is 0.0588. The molecule has 238 valence electrons. The van der Waals surface area contributed by atoms with Gasteiger partial charge in [-0.1, -0.05) is 110 Å². The number of hydrogen-bond donors (Lipinski definition) is 8. The summed E-state index contributed by atoms with van der Waals surface area (Å²) in [5.41, 5.74) is 0. The van der Waals surface area contributed by atoms with Crippen LogP contribution in [-0.2, 0) is 13.9 Å². The van der Waals surface area contributed by atoms with Crippen molar-refractivity contribution in [3.63, 3.8) is 0 Å². The summed E-state index contributed by atoms with van der Waals surface area (Å²) < 4.78 is 15.0. The van der Waals surface area contributed by atoms with Crippen molar-refractivity contribution in [3.8, 4) is 0 Å². The van der Waals surface area contributed by atoms with E-state index < -0.39 is 38.7 Å². The highest BCUT2D eigenvalue weighted by atomic mass is 31.2. The Bertz CT molecular complexity index is 542. The van der Waals surface area contributed by atoms with E-state index >= 15 is 0 Å². The molecule has 2 atom stereocenters. The molecule has 0 saturated carbocycles. The molecule has 0 spiro atoms. The molecule has 0 aromatic rings. The molecule has 0 radical (unpaired) electrons. The maximum atomic E-state index is 10.6. The van der Waals surface area contributed by atoms with Gasteiger partial charge in [-0.05, 0) is 12.8 Å². The Labute approximate surface area is 235 Å². The number of rotatable bonds is 24. The van der Waals surface area contributed by atoms with Crippen molar-refractivity contribution in [2.75, 3.05) is 19.8 Å². The Morgan fingerprint density at radius 3 is 1.36 bits per heavy atom. The molecule has 8 N–H and O–H groups in total. The first-order valence-electron chi connectivity index (χ1n) is 14.6. The van der Waals surface area contributed by atoms with Crippen LogP contribution in [0, 0.1) is 0 Å². The second-order valence-corrected chi connectivity index (χ2v) is 11.0. The van der Waals surface area contributed by atoms with Crippen molar-refractivity contribution in [3.05, 3.63) is 0 Å². The lowest BCUT2D eigenvalue weighted by atomic mass is 10.0. The van der Waals surface area contributed by atoms with E-state index in [-0.39, 0.29) is 13.2 Å². The van der Waals surface area contributed by atoms with Crippen LogP contribution in [0.4, 0.5) is 0 Å². The number of unbranched alkanes of at least 4 members (excludes halogenated alkanes) is 14. The third kappa shape index (κ3) is 39.6. The molecule has 0 saturated heterocycles. The lowest BCUT2D eigenvalue weighted by Gasteiger charge is -2.21. The van der Waals surface area contributed by atoms with E-state index in [0.29, 0.717) is 19.3 Å². The van der Waals surface area contributed by atoms with Crippen LogP contribution in [0.2, 0.25) is 0 Å². The van der Waals surface area contributed by atoms with Crippen LogP contribution in [-0.4, -0.2) is 84.5 Å². The Balaban J connectivity index is -0.000000556. The molecule has 0 aliphatic heterocycles. The zero-order valence-corrected chi connectivity index (χ0v) is 25.2. The Morgan fingerprint density at radius 1 is 0.667 bits per heavy atom. The van der Waals surface area contributed by atoms with E-state index in [2.05, 4.69) is 11.4 Å². The van der Waals surface area contributed by atoms with Gasteiger partial charge in [0.25, 0.3) is 0 Å². The van der Waals surface area contributed by atoms with Crippen LogP contribution in [0.15, 0.2) is 0 Å². The average Bonchev–Trinajstić information content (AvgIpc) is 2.89. The van der Waals surface area contributed by atoms with Gasteiger partial charge in [0.2, 0.25) is 0 Å². The van der Waals surface area contributed by atoms with Crippen LogP contribution in [0.3, 0.4) is 0 Å². The summed E-state index contributed by atoms with van der Waals surface area (Å²) in [5, 5.41) is 50.4. The van der Waals surface area contributed by atoms with E-state index in [1.54, 1.807) is 0 Å². The van der Waals surface area contributed by atoms with Gasteiger partial charge in [0, 0.05) is 6.42 Å². The number of carbonyl (C=O) groups is 1. The van der Waals surface area contributed by atoms with E-state index in [4.69, 9.17) is 35.3 Å². The van der Waals surface area contributed by atoms with Gasteiger partial charge >= 0.3 is 13.8 Å². The number of carboxylic acids is 1. The second kappa shape index (κ2) is 31.9. The van der Waals surface area contributed by atoms with Crippen LogP contribution < -0.4 is 0 Å². The maximum absolute atomic E-state index is 10.6. The van der Waals surface area contributed by atoms with Gasteiger partial charge in [-0.15, -0.1) is 0 Å². The van der Waals surface area contributed by atoms with Crippen LogP contribution in [0.1, 0.15) is 129 Å². The zero-order valence-electron chi connectivity index (χ0n) is 24.3. The Kier molecular flexibility index (Phi) is 35.0. The summed E-state index contributed by atoms with van der Waals surface area (Å²) in [6.07, 6.45) is 16.9. The monoisotopic (exact) mass is 590 g/mol. The first-order valence-corrected chi connectivity index (χ1v) is 16.2. The predicted octanol–water partition coefficient (Wildman–Crippen LogP) is 4.28. The molecular formula is C27H59O11P. The number of phosphoric ester groups is 1. The molecule has 39 heavy (non-hydrogen) atoms. The van der Waals surface area contributed by atoms with Crippen molar-refractivity contribution in [2.24, 2.45) is 0 Å². The summed E-state index contributed by atoms with van der Waals surface area (Å²) in [7, 11) is -4.61. The fourth-order valence-corrected chi connectivity index (χ4v) is 4.16. The Morgan fingerprint density at radius 2 is 1.05 bits per heavy atom. The molecule has 2 unspecified atom stereocenters. The molecule has 0 aromatic heterocycles. The van der Waals surface area contributed by atoms with Crippen LogP contribution >= 0.6 is 7.82 Å². The summed E-state index contributed by atoms with van der Waals surface area (Å²) in [4.78, 5) is 27.5. The third-order valence-electron chi connectivity index (χ3n) is 5.90. The number of aliphatic carboxylic acids is 1. The number of hydrogen-bond acceptors (Lipinski definition) is 8. The molecule has 0 heterocycles. The molecule has 12 heteroatoms. The molecule has 0 fully saturated rings. The third-order valence-corrected chi connectivity index (χ3v) is 6.44. The molecule has 0 aliphatic carbocycles. The Hall–Kier alpha value is -0.620. The number of phosphoric acid groups is 1. The molecular weight excluding hydrogens is 531 g/mol. The van der Waals surface area contributed by atoms with Gasteiger partial charge in [-0.2, -0.15) is 0 Å². The largest absolute Gasteiger partial charge is 0.481 e. The number of carboxylic acid groups (broad SMARTS) is 1. The van der Waals surface area contributed by atoms with Crippen LogP contribution in [0.25, 0.3) is 0 Å². The van der Waals surface area contributed by atoms with Gasteiger partial charge in [-0.25, -0.2) is 4.57 Å². The van der Waals surface area contributed by atoms with Gasteiger partial charge in [0.1, 0.15) is 12.2 Å². The van der Waals surface area contributed by atoms with E-state index in [1.165, 1.54) is 70.6 Å². The van der Waals surface area contributed by atoms with Gasteiger partial charge in [0.15, 0.2) is 0 Å². The molecule has 0 amide bonds. The fourth-order valence-electron chi connectivity index (χ4n) is 3.56.